The molecule has 0 radical (unpaired) electrons. The third-order valence-electron chi connectivity index (χ3n) is 5.57. The number of nitriles is 1. The summed E-state index contributed by atoms with van der Waals surface area (Å²) in [6.07, 6.45) is 4.62. The smallest absolute Gasteiger partial charge is 0.272 e. The highest BCUT2D eigenvalue weighted by molar-refractivity contribution is 5.93. The number of pyridine rings is 1. The third-order valence-corrected chi connectivity index (χ3v) is 5.57. The van der Waals surface area contributed by atoms with E-state index in [1.807, 2.05) is 24.3 Å². The summed E-state index contributed by atoms with van der Waals surface area (Å²) in [5, 5.41) is 14.5. The molecule has 3 heterocycles. The molecule has 31 heavy (non-hydrogen) atoms. The Kier molecular flexibility index (Phi) is 5.96. The predicted molar refractivity (Wildman–Crippen MR) is 117 cm³/mol. The summed E-state index contributed by atoms with van der Waals surface area (Å²) < 4.78 is 1.54. The van der Waals surface area contributed by atoms with Crippen molar-refractivity contribution in [2.45, 2.75) is 12.8 Å². The average molecular weight is 416 g/mol. The lowest BCUT2D eigenvalue weighted by Gasteiger charge is -2.11. The maximum Gasteiger partial charge on any atom is 0.272 e. The molecule has 1 amide bonds. The molecule has 1 aliphatic rings. The van der Waals surface area contributed by atoms with Crippen molar-refractivity contribution in [1.29, 1.82) is 5.26 Å². The van der Waals surface area contributed by atoms with Crippen molar-refractivity contribution in [3.05, 3.63) is 70.3 Å². The second kappa shape index (κ2) is 8.98. The van der Waals surface area contributed by atoms with Crippen molar-refractivity contribution in [2.75, 3.05) is 26.7 Å². The van der Waals surface area contributed by atoms with Crippen molar-refractivity contribution in [1.82, 2.24) is 25.0 Å². The standard InChI is InChI=1S/C23H24N6O2/c1-28-11-9-17(14-28)12-26-22(30)19-6-7-21(25-13-19)29-15-20(23(31)27-29)18-4-2-16(3-5-18)8-10-24/h2-7,13,15,17H,8-9,11-12,14H2,1H3,(H,26,30)(H,27,31). The first-order valence-corrected chi connectivity index (χ1v) is 10.2. The van der Waals surface area contributed by atoms with Crippen LogP contribution in [0.2, 0.25) is 0 Å². The third kappa shape index (κ3) is 4.73. The Bertz CT molecular complexity index is 1150. The van der Waals surface area contributed by atoms with Crippen molar-refractivity contribution >= 4 is 5.91 Å². The molecule has 8 heteroatoms. The maximum atomic E-state index is 12.4. The van der Waals surface area contributed by atoms with E-state index in [4.69, 9.17) is 5.26 Å². The van der Waals surface area contributed by atoms with Gasteiger partial charge in [0, 0.05) is 25.5 Å². The monoisotopic (exact) mass is 416 g/mol. The fraction of sp³-hybridized carbons (Fsp3) is 0.304. The molecular formula is C23H24N6O2. The number of benzene rings is 1. The summed E-state index contributed by atoms with van der Waals surface area (Å²) in [7, 11) is 2.09. The zero-order chi connectivity index (χ0) is 21.8. The molecule has 0 bridgehead atoms. The number of nitrogens with one attached hydrogen (secondary N) is 2. The molecule has 2 N–H and O–H groups in total. The zero-order valence-corrected chi connectivity index (χ0v) is 17.3. The number of aromatic nitrogens is 3. The summed E-state index contributed by atoms with van der Waals surface area (Å²) in [6.45, 7) is 2.73. The van der Waals surface area contributed by atoms with E-state index in [0.717, 1.165) is 30.6 Å². The summed E-state index contributed by atoms with van der Waals surface area (Å²) in [6, 6.07) is 12.8. The Morgan fingerprint density at radius 2 is 2.10 bits per heavy atom. The number of hydrogen-bond donors (Lipinski definition) is 2. The van der Waals surface area contributed by atoms with Gasteiger partial charge >= 0.3 is 0 Å². The van der Waals surface area contributed by atoms with Gasteiger partial charge in [-0.2, -0.15) is 5.26 Å². The highest BCUT2D eigenvalue weighted by Gasteiger charge is 2.20. The lowest BCUT2D eigenvalue weighted by atomic mass is 10.1. The summed E-state index contributed by atoms with van der Waals surface area (Å²) >= 11 is 0. The van der Waals surface area contributed by atoms with Gasteiger partial charge < -0.3 is 10.2 Å². The molecule has 0 spiro atoms. The number of rotatable bonds is 6. The number of nitrogens with zero attached hydrogens (tertiary/aromatic N) is 4. The molecular weight excluding hydrogens is 392 g/mol. The molecule has 1 unspecified atom stereocenters. The van der Waals surface area contributed by atoms with Crippen LogP contribution in [0.15, 0.2) is 53.6 Å². The van der Waals surface area contributed by atoms with Crippen molar-refractivity contribution in [2.24, 2.45) is 5.92 Å². The van der Waals surface area contributed by atoms with Gasteiger partial charge in [-0.3, -0.25) is 14.7 Å². The maximum absolute atomic E-state index is 12.4. The highest BCUT2D eigenvalue weighted by Crippen LogP contribution is 2.18. The van der Waals surface area contributed by atoms with Crippen molar-refractivity contribution in [3.8, 4) is 23.0 Å². The van der Waals surface area contributed by atoms with Gasteiger partial charge in [-0.05, 0) is 49.2 Å². The van der Waals surface area contributed by atoms with Crippen LogP contribution in [-0.2, 0) is 6.42 Å². The van der Waals surface area contributed by atoms with Gasteiger partial charge in [-0.25, -0.2) is 9.67 Å². The Morgan fingerprint density at radius 1 is 1.29 bits per heavy atom. The lowest BCUT2D eigenvalue weighted by molar-refractivity contribution is 0.0947. The first kappa shape index (κ1) is 20.6. The van der Waals surface area contributed by atoms with Crippen molar-refractivity contribution in [3.63, 3.8) is 0 Å². The molecule has 158 valence electrons. The molecule has 3 aromatic rings. The second-order valence-electron chi connectivity index (χ2n) is 7.92. The number of aromatic amines is 1. The van der Waals surface area contributed by atoms with E-state index in [0.29, 0.717) is 35.8 Å². The molecule has 8 nitrogen and oxygen atoms in total. The quantitative estimate of drug-likeness (QED) is 0.639. The van der Waals surface area contributed by atoms with E-state index in [9.17, 15) is 9.59 Å². The highest BCUT2D eigenvalue weighted by atomic mass is 16.1. The topological polar surface area (TPSA) is 107 Å². The number of carbonyl (C=O) groups excluding carboxylic acids is 1. The average Bonchev–Trinajstić information content (AvgIpc) is 3.38. The lowest BCUT2D eigenvalue weighted by Crippen LogP contribution is -2.30. The van der Waals surface area contributed by atoms with Crippen LogP contribution in [0.4, 0.5) is 0 Å². The number of H-pyrrole nitrogens is 1. The molecule has 1 saturated heterocycles. The summed E-state index contributed by atoms with van der Waals surface area (Å²) in [4.78, 5) is 31.4. The Balaban J connectivity index is 1.44. The SMILES string of the molecule is CN1CCC(CNC(=O)c2ccc(-n3cc(-c4ccc(CC#N)cc4)c(=O)[nH]3)nc2)C1. The van der Waals surface area contributed by atoms with Gasteiger partial charge in [0.1, 0.15) is 0 Å². The van der Waals surface area contributed by atoms with Gasteiger partial charge in [-0.1, -0.05) is 24.3 Å². The van der Waals surface area contributed by atoms with Gasteiger partial charge in [-0.15, -0.1) is 0 Å². The van der Waals surface area contributed by atoms with Crippen LogP contribution in [0, 0.1) is 17.2 Å². The fourth-order valence-electron chi connectivity index (χ4n) is 3.81. The van der Waals surface area contributed by atoms with Gasteiger partial charge in [0.25, 0.3) is 11.5 Å². The first-order chi connectivity index (χ1) is 15.0. The van der Waals surface area contributed by atoms with Crippen molar-refractivity contribution < 1.29 is 4.79 Å². The molecule has 4 rings (SSSR count). The second-order valence-corrected chi connectivity index (χ2v) is 7.92. The predicted octanol–water partition coefficient (Wildman–Crippen LogP) is 1.98. The zero-order valence-electron chi connectivity index (χ0n) is 17.3. The fourth-order valence-corrected chi connectivity index (χ4v) is 3.81. The summed E-state index contributed by atoms with van der Waals surface area (Å²) in [5.74, 6) is 0.852. The molecule has 1 aliphatic heterocycles. The minimum Gasteiger partial charge on any atom is -0.352 e. The number of hydrogen-bond acceptors (Lipinski definition) is 5. The van der Waals surface area contributed by atoms with Crippen LogP contribution in [0.25, 0.3) is 16.9 Å². The number of likely N-dealkylation sites (tertiary alicyclic amines) is 1. The van der Waals surface area contributed by atoms with Gasteiger partial charge in [0.05, 0.1) is 23.6 Å². The van der Waals surface area contributed by atoms with Crippen LogP contribution >= 0.6 is 0 Å². The molecule has 1 aromatic carbocycles. The minimum atomic E-state index is -0.238. The van der Waals surface area contributed by atoms with Crippen LogP contribution in [-0.4, -0.2) is 52.3 Å². The van der Waals surface area contributed by atoms with Crippen LogP contribution in [0.5, 0.6) is 0 Å². The van der Waals surface area contributed by atoms with Crippen LogP contribution < -0.4 is 10.9 Å². The van der Waals surface area contributed by atoms with Gasteiger partial charge in [0.2, 0.25) is 0 Å². The molecule has 2 aromatic heterocycles. The van der Waals surface area contributed by atoms with E-state index in [1.165, 1.54) is 10.9 Å². The summed E-state index contributed by atoms with van der Waals surface area (Å²) in [5.41, 5.74) is 2.41. The number of carbonyl (C=O) groups is 1. The largest absolute Gasteiger partial charge is 0.352 e. The van der Waals surface area contributed by atoms with Gasteiger partial charge in [0.15, 0.2) is 5.82 Å². The Labute approximate surface area is 180 Å². The molecule has 1 atom stereocenters. The number of amides is 1. The van der Waals surface area contributed by atoms with Crippen LogP contribution in [0.3, 0.4) is 0 Å². The van der Waals surface area contributed by atoms with E-state index < -0.39 is 0 Å². The van der Waals surface area contributed by atoms with Crippen LogP contribution in [0.1, 0.15) is 22.3 Å². The van der Waals surface area contributed by atoms with E-state index >= 15 is 0 Å². The van der Waals surface area contributed by atoms with E-state index in [-0.39, 0.29) is 11.5 Å². The molecule has 1 fully saturated rings. The Morgan fingerprint density at radius 3 is 2.74 bits per heavy atom. The minimum absolute atomic E-state index is 0.146. The first-order valence-electron chi connectivity index (χ1n) is 10.2. The Hall–Kier alpha value is -3.70. The van der Waals surface area contributed by atoms with E-state index in [2.05, 4.69) is 33.4 Å². The van der Waals surface area contributed by atoms with E-state index in [1.54, 1.807) is 18.3 Å². The normalized spacial score (nSPS) is 16.2. The molecule has 0 saturated carbocycles. The molecule has 0 aliphatic carbocycles.